The van der Waals surface area contributed by atoms with Crippen LogP contribution in [0.2, 0.25) is 0 Å². The number of methoxy groups -OCH3 is 1. The third-order valence-corrected chi connectivity index (χ3v) is 6.67. The molecule has 2 aromatic rings. The first-order valence-corrected chi connectivity index (χ1v) is 12.1. The van der Waals surface area contributed by atoms with E-state index in [0.29, 0.717) is 35.6 Å². The van der Waals surface area contributed by atoms with Gasteiger partial charge in [0.15, 0.2) is 5.78 Å². The Morgan fingerprint density at radius 2 is 1.89 bits per heavy atom. The second-order valence-corrected chi connectivity index (χ2v) is 10.0. The van der Waals surface area contributed by atoms with Gasteiger partial charge in [0.05, 0.1) is 13.7 Å². The molecule has 0 fully saturated rings. The van der Waals surface area contributed by atoms with Crippen LogP contribution in [-0.2, 0) is 20.9 Å². The van der Waals surface area contributed by atoms with Crippen molar-refractivity contribution < 1.29 is 28.2 Å². The molecule has 0 saturated heterocycles. The number of Topliss-reactive ketones (excluding diaryl/α,β-unsaturated/α-hetero) is 1. The average molecular weight is 494 g/mol. The second-order valence-electron chi connectivity index (χ2n) is 10.0. The minimum atomic E-state index is -0.750. The van der Waals surface area contributed by atoms with Gasteiger partial charge in [-0.3, -0.25) is 9.59 Å². The molecule has 2 aromatic carbocycles. The Bertz CT molecular complexity index is 1210. The zero-order valence-corrected chi connectivity index (χ0v) is 21.2. The van der Waals surface area contributed by atoms with Gasteiger partial charge in [-0.25, -0.2) is 4.39 Å². The summed E-state index contributed by atoms with van der Waals surface area (Å²) in [6, 6.07) is 11.4. The largest absolute Gasteiger partial charge is 0.496 e. The number of allylic oxidation sites excluding steroid dienone is 2. The van der Waals surface area contributed by atoms with Gasteiger partial charge >= 0.3 is 5.97 Å². The zero-order valence-electron chi connectivity index (χ0n) is 21.2. The summed E-state index contributed by atoms with van der Waals surface area (Å²) in [4.78, 5) is 26.5. The molecule has 0 radical (unpaired) electrons. The third kappa shape index (κ3) is 5.15. The monoisotopic (exact) mass is 493 g/mol. The molecule has 0 amide bonds. The lowest BCUT2D eigenvalue weighted by atomic mass is 9.66. The van der Waals surface area contributed by atoms with Crippen molar-refractivity contribution in [2.75, 3.05) is 13.7 Å². The number of nitrogens with one attached hydrogen (secondary N) is 1. The first-order chi connectivity index (χ1) is 17.1. The fourth-order valence-corrected chi connectivity index (χ4v) is 5.08. The predicted octanol–water partition coefficient (Wildman–Crippen LogP) is 5.44. The van der Waals surface area contributed by atoms with Crippen molar-refractivity contribution in [2.24, 2.45) is 11.3 Å². The molecule has 2 atom stereocenters. The average Bonchev–Trinajstić information content (AvgIpc) is 2.82. The lowest BCUT2D eigenvalue weighted by Crippen LogP contribution is -2.43. The quantitative estimate of drug-likeness (QED) is 0.518. The number of halogens is 1. The normalized spacial score (nSPS) is 20.9. The van der Waals surface area contributed by atoms with Crippen LogP contribution in [0, 0.1) is 17.2 Å². The van der Waals surface area contributed by atoms with Gasteiger partial charge in [0.2, 0.25) is 0 Å². The van der Waals surface area contributed by atoms with E-state index in [2.05, 4.69) is 25.7 Å². The molecule has 1 N–H and O–H groups in total. The van der Waals surface area contributed by atoms with Gasteiger partial charge in [0.1, 0.15) is 29.8 Å². The maximum absolute atomic E-state index is 13.4. The number of ether oxygens (including phenoxy) is 3. The van der Waals surface area contributed by atoms with Gasteiger partial charge in [0, 0.05) is 34.9 Å². The van der Waals surface area contributed by atoms with Crippen LogP contribution < -0.4 is 14.8 Å². The fourth-order valence-electron chi connectivity index (χ4n) is 5.08. The highest BCUT2D eigenvalue weighted by atomic mass is 19.1. The maximum atomic E-state index is 13.4. The lowest BCUT2D eigenvalue weighted by Gasteiger charge is -2.42. The van der Waals surface area contributed by atoms with Crippen LogP contribution in [0.25, 0.3) is 0 Å². The molecule has 6 nitrogen and oxygen atoms in total. The van der Waals surface area contributed by atoms with Crippen LogP contribution in [0.3, 0.4) is 0 Å². The zero-order chi connectivity index (χ0) is 26.0. The number of benzene rings is 2. The van der Waals surface area contributed by atoms with Crippen molar-refractivity contribution in [2.45, 2.75) is 46.1 Å². The van der Waals surface area contributed by atoms with E-state index in [1.54, 1.807) is 26.2 Å². The van der Waals surface area contributed by atoms with Crippen LogP contribution in [0.1, 0.15) is 50.7 Å². The number of carbonyl (C=O) groups excluding carboxylic acids is 2. The van der Waals surface area contributed by atoms with Gasteiger partial charge in [-0.15, -0.1) is 0 Å². The van der Waals surface area contributed by atoms with E-state index in [4.69, 9.17) is 14.2 Å². The number of carbonyl (C=O) groups is 2. The Kier molecular flexibility index (Phi) is 7.20. The molecular formula is C29H32FNO5. The van der Waals surface area contributed by atoms with Crippen molar-refractivity contribution in [3.8, 4) is 11.5 Å². The summed E-state index contributed by atoms with van der Waals surface area (Å²) >= 11 is 0. The number of ketones is 1. The van der Waals surface area contributed by atoms with Crippen LogP contribution in [0.5, 0.6) is 11.5 Å². The van der Waals surface area contributed by atoms with E-state index in [9.17, 15) is 14.0 Å². The molecule has 0 spiro atoms. The summed E-state index contributed by atoms with van der Waals surface area (Å²) < 4.78 is 30.0. The maximum Gasteiger partial charge on any atom is 0.315 e. The highest BCUT2D eigenvalue weighted by molar-refractivity contribution is 6.00. The van der Waals surface area contributed by atoms with Gasteiger partial charge in [-0.05, 0) is 54.7 Å². The molecule has 1 aliphatic carbocycles. The number of hydrogen-bond acceptors (Lipinski definition) is 6. The van der Waals surface area contributed by atoms with Crippen LogP contribution in [0.4, 0.5) is 4.39 Å². The van der Waals surface area contributed by atoms with Crippen LogP contribution in [-0.4, -0.2) is 25.5 Å². The number of rotatable bonds is 7. The lowest BCUT2D eigenvalue weighted by molar-refractivity contribution is -0.147. The van der Waals surface area contributed by atoms with Crippen LogP contribution >= 0.6 is 0 Å². The molecule has 4 rings (SSSR count). The third-order valence-electron chi connectivity index (χ3n) is 6.67. The van der Waals surface area contributed by atoms with E-state index in [-0.39, 0.29) is 30.2 Å². The van der Waals surface area contributed by atoms with Crippen molar-refractivity contribution >= 4 is 11.8 Å². The Morgan fingerprint density at radius 1 is 1.17 bits per heavy atom. The molecule has 7 heteroatoms. The van der Waals surface area contributed by atoms with Crippen molar-refractivity contribution in [1.82, 2.24) is 5.32 Å². The summed E-state index contributed by atoms with van der Waals surface area (Å²) in [7, 11) is 1.56. The molecule has 0 aromatic heterocycles. The summed E-state index contributed by atoms with van der Waals surface area (Å²) in [5.41, 5.74) is 3.29. The van der Waals surface area contributed by atoms with E-state index < -0.39 is 17.8 Å². The van der Waals surface area contributed by atoms with Gasteiger partial charge in [-0.2, -0.15) is 0 Å². The number of esters is 1. The summed E-state index contributed by atoms with van der Waals surface area (Å²) in [6.07, 6.45) is 1.08. The van der Waals surface area contributed by atoms with Gasteiger partial charge < -0.3 is 19.5 Å². The predicted molar refractivity (Wildman–Crippen MR) is 134 cm³/mol. The minimum absolute atomic E-state index is 0.0169. The summed E-state index contributed by atoms with van der Waals surface area (Å²) in [5.74, 6) is -0.942. The molecule has 2 aliphatic rings. The van der Waals surface area contributed by atoms with Crippen molar-refractivity contribution in [3.63, 3.8) is 0 Å². The SMILES string of the molecule is C=C1NC2=C(C(=O)CC(C)(C)C2)C(c2ccc(COc3ccc(F)cc3)c(OC)c2)C1C(=O)OCC. The molecule has 0 saturated carbocycles. The van der Waals surface area contributed by atoms with E-state index in [0.717, 1.165) is 16.8 Å². The van der Waals surface area contributed by atoms with E-state index in [1.807, 2.05) is 18.2 Å². The Hall–Kier alpha value is -3.61. The number of hydrogen-bond donors (Lipinski definition) is 1. The highest BCUT2D eigenvalue weighted by Crippen LogP contribution is 2.48. The van der Waals surface area contributed by atoms with Gasteiger partial charge in [-0.1, -0.05) is 32.6 Å². The second kappa shape index (κ2) is 10.2. The topological polar surface area (TPSA) is 73.9 Å². The molecule has 1 aliphatic heterocycles. The molecule has 1 heterocycles. The first kappa shape index (κ1) is 25.5. The fraction of sp³-hybridized carbons (Fsp3) is 0.379. The Labute approximate surface area is 211 Å². The van der Waals surface area contributed by atoms with Gasteiger partial charge in [0.25, 0.3) is 0 Å². The van der Waals surface area contributed by atoms with Crippen LogP contribution in [0.15, 0.2) is 66.0 Å². The summed E-state index contributed by atoms with van der Waals surface area (Å²) in [6.45, 7) is 10.4. The van der Waals surface area contributed by atoms with Crippen molar-refractivity contribution in [3.05, 3.63) is 83.0 Å². The Balaban J connectivity index is 1.73. The highest BCUT2D eigenvalue weighted by Gasteiger charge is 2.46. The first-order valence-electron chi connectivity index (χ1n) is 12.1. The molecule has 0 bridgehead atoms. The standard InChI is InChI=1S/C29H32FNO5/c1-6-35-28(33)25-17(2)31-22-14-29(3,4)15-23(32)27(22)26(25)18-7-8-19(24(13-18)34-5)16-36-21-11-9-20(30)10-12-21/h7-13,25-26,31H,2,6,14-16H2,1,3-5H3. The molecule has 190 valence electrons. The summed E-state index contributed by atoms with van der Waals surface area (Å²) in [5, 5.41) is 3.26. The van der Waals surface area contributed by atoms with Crippen molar-refractivity contribution in [1.29, 1.82) is 0 Å². The molecular weight excluding hydrogens is 461 g/mol. The molecule has 36 heavy (non-hydrogen) atoms. The van der Waals surface area contributed by atoms with E-state index in [1.165, 1.54) is 12.1 Å². The minimum Gasteiger partial charge on any atom is -0.496 e. The van der Waals surface area contributed by atoms with E-state index >= 15 is 0 Å². The smallest absolute Gasteiger partial charge is 0.315 e. The Morgan fingerprint density at radius 3 is 2.56 bits per heavy atom. The molecule has 2 unspecified atom stereocenters.